The zero-order valence-electron chi connectivity index (χ0n) is 19.4. The van der Waals surface area contributed by atoms with Crippen LogP contribution in [0.5, 0.6) is 0 Å². The van der Waals surface area contributed by atoms with Crippen molar-refractivity contribution in [2.24, 2.45) is 0 Å². The first-order chi connectivity index (χ1) is 17.6. The maximum atomic E-state index is 13.7. The van der Waals surface area contributed by atoms with E-state index < -0.39 is 4.45 Å². The minimum atomic E-state index is -0.752. The Balaban J connectivity index is 1.61. The lowest BCUT2D eigenvalue weighted by Crippen LogP contribution is -2.42. The lowest BCUT2D eigenvalue weighted by atomic mass is 9.94. The molecule has 0 saturated heterocycles. The van der Waals surface area contributed by atoms with Crippen molar-refractivity contribution < 1.29 is 4.39 Å². The molecule has 4 aromatic carbocycles. The SMILES string of the molecule is Fc1ccc(CN2C=Cc3c(n(Cc4ccccc4)c4ccccc34)C2(Br)c2ccccc2Cl)cc1. The molecule has 36 heavy (non-hydrogen) atoms. The van der Waals surface area contributed by atoms with Crippen molar-refractivity contribution in [3.63, 3.8) is 0 Å². The average Bonchev–Trinajstić information content (AvgIpc) is 3.22. The quantitative estimate of drug-likeness (QED) is 0.155. The molecular formula is C31H23BrClFN2. The molecule has 0 radical (unpaired) electrons. The molecule has 0 saturated carbocycles. The summed E-state index contributed by atoms with van der Waals surface area (Å²) in [7, 11) is 0. The van der Waals surface area contributed by atoms with Crippen LogP contribution in [0.15, 0.2) is 109 Å². The largest absolute Gasteiger partial charge is 0.349 e. The number of benzene rings is 4. The number of nitrogens with zero attached hydrogens (tertiary/aromatic N) is 2. The van der Waals surface area contributed by atoms with Gasteiger partial charge in [-0.15, -0.1) is 0 Å². The van der Waals surface area contributed by atoms with E-state index in [0.29, 0.717) is 18.1 Å². The predicted molar refractivity (Wildman–Crippen MR) is 150 cm³/mol. The standard InChI is InChI=1S/C31H23BrClFN2/c32-31(27-11-5-6-12-28(27)33)30-26(18-19-35(31)20-23-14-16-24(34)17-15-23)25-10-4-7-13-29(25)36(30)21-22-8-2-1-3-9-22/h1-19H,20-21H2. The third-order valence-corrected chi connectivity index (χ3v) is 8.41. The van der Waals surface area contributed by atoms with Crippen LogP contribution < -0.4 is 0 Å². The number of halogens is 3. The second kappa shape index (κ2) is 9.27. The van der Waals surface area contributed by atoms with Gasteiger partial charge < -0.3 is 9.47 Å². The van der Waals surface area contributed by atoms with E-state index in [1.807, 2.05) is 36.4 Å². The third kappa shape index (κ3) is 3.85. The maximum absolute atomic E-state index is 13.7. The van der Waals surface area contributed by atoms with Gasteiger partial charge in [-0.3, -0.25) is 0 Å². The first-order valence-corrected chi connectivity index (χ1v) is 13.0. The highest BCUT2D eigenvalue weighted by atomic mass is 79.9. The van der Waals surface area contributed by atoms with Crippen LogP contribution in [-0.4, -0.2) is 9.47 Å². The zero-order chi connectivity index (χ0) is 24.7. The highest BCUT2D eigenvalue weighted by Gasteiger charge is 2.45. The van der Waals surface area contributed by atoms with Crippen molar-refractivity contribution in [1.82, 2.24) is 9.47 Å². The molecule has 1 atom stereocenters. The molecule has 6 rings (SSSR count). The highest BCUT2D eigenvalue weighted by molar-refractivity contribution is 9.09. The molecule has 0 fully saturated rings. The smallest absolute Gasteiger partial charge is 0.164 e. The first-order valence-electron chi connectivity index (χ1n) is 11.8. The van der Waals surface area contributed by atoms with Gasteiger partial charge in [-0.1, -0.05) is 90.5 Å². The molecule has 5 aromatic rings. The molecule has 0 aliphatic carbocycles. The van der Waals surface area contributed by atoms with Gasteiger partial charge in [0.15, 0.2) is 4.45 Å². The fourth-order valence-electron chi connectivity index (χ4n) is 5.15. The lowest BCUT2D eigenvalue weighted by molar-refractivity contribution is 0.270. The number of fused-ring (bicyclic) bond motifs is 3. The van der Waals surface area contributed by atoms with Crippen molar-refractivity contribution >= 4 is 44.5 Å². The second-order valence-electron chi connectivity index (χ2n) is 9.02. The van der Waals surface area contributed by atoms with Crippen LogP contribution in [0.3, 0.4) is 0 Å². The van der Waals surface area contributed by atoms with Gasteiger partial charge in [-0.25, -0.2) is 4.39 Å². The molecule has 0 bridgehead atoms. The van der Waals surface area contributed by atoms with Crippen molar-refractivity contribution in [3.8, 4) is 0 Å². The fourth-order valence-corrected chi connectivity index (χ4v) is 6.55. The topological polar surface area (TPSA) is 8.17 Å². The Morgan fingerprint density at radius 1 is 0.750 bits per heavy atom. The Hall–Kier alpha value is -3.34. The maximum Gasteiger partial charge on any atom is 0.164 e. The minimum absolute atomic E-state index is 0.241. The van der Waals surface area contributed by atoms with Crippen LogP contribution in [0.25, 0.3) is 17.0 Å². The van der Waals surface area contributed by atoms with E-state index in [2.05, 4.69) is 92.3 Å². The Morgan fingerprint density at radius 2 is 1.42 bits per heavy atom. The molecule has 1 unspecified atom stereocenters. The number of hydrogen-bond acceptors (Lipinski definition) is 1. The minimum Gasteiger partial charge on any atom is -0.349 e. The normalized spacial score (nSPS) is 16.9. The molecule has 5 heteroatoms. The van der Waals surface area contributed by atoms with Gasteiger partial charge in [0.25, 0.3) is 0 Å². The number of hydrogen-bond donors (Lipinski definition) is 0. The van der Waals surface area contributed by atoms with E-state index in [9.17, 15) is 4.39 Å². The van der Waals surface area contributed by atoms with E-state index in [-0.39, 0.29) is 5.82 Å². The highest BCUT2D eigenvalue weighted by Crippen LogP contribution is 2.51. The molecular weight excluding hydrogens is 535 g/mol. The van der Waals surface area contributed by atoms with Gasteiger partial charge in [0.05, 0.1) is 5.69 Å². The number of alkyl halides is 1. The van der Waals surface area contributed by atoms with Gasteiger partial charge in [-0.05, 0) is 57.4 Å². The summed E-state index contributed by atoms with van der Waals surface area (Å²) in [6.45, 7) is 1.28. The Morgan fingerprint density at radius 3 is 2.19 bits per heavy atom. The Kier molecular flexibility index (Phi) is 5.94. The van der Waals surface area contributed by atoms with Gasteiger partial charge >= 0.3 is 0 Å². The summed E-state index contributed by atoms with van der Waals surface area (Å²) < 4.78 is 15.3. The van der Waals surface area contributed by atoms with Crippen LogP contribution in [-0.2, 0) is 17.5 Å². The Bertz CT molecular complexity index is 1580. The van der Waals surface area contributed by atoms with E-state index in [1.54, 1.807) is 0 Å². The summed E-state index contributed by atoms with van der Waals surface area (Å²) in [5, 5.41) is 1.87. The summed E-state index contributed by atoms with van der Waals surface area (Å²) >= 11 is 11.1. The summed E-state index contributed by atoms with van der Waals surface area (Å²) in [4.78, 5) is 2.24. The summed E-state index contributed by atoms with van der Waals surface area (Å²) in [6.07, 6.45) is 4.29. The number of rotatable bonds is 5. The summed E-state index contributed by atoms with van der Waals surface area (Å²) in [6, 6.07) is 33.7. The number of aromatic nitrogens is 1. The molecule has 0 N–H and O–H groups in total. The van der Waals surface area contributed by atoms with Crippen LogP contribution in [0.1, 0.15) is 27.9 Å². The van der Waals surface area contributed by atoms with Crippen LogP contribution >= 0.6 is 27.5 Å². The Labute approximate surface area is 223 Å². The average molecular weight is 558 g/mol. The molecule has 1 aliphatic rings. The van der Waals surface area contributed by atoms with Gasteiger partial charge in [0, 0.05) is 46.3 Å². The van der Waals surface area contributed by atoms with E-state index in [4.69, 9.17) is 11.6 Å². The fraction of sp³-hybridized carbons (Fsp3) is 0.0968. The lowest BCUT2D eigenvalue weighted by Gasteiger charge is -2.43. The molecule has 2 nitrogen and oxygen atoms in total. The van der Waals surface area contributed by atoms with Crippen molar-refractivity contribution in [3.05, 3.63) is 148 Å². The molecule has 178 valence electrons. The first kappa shape index (κ1) is 23.1. The van der Waals surface area contributed by atoms with Gasteiger partial charge in [0.1, 0.15) is 5.82 Å². The molecule has 2 heterocycles. The van der Waals surface area contributed by atoms with Crippen molar-refractivity contribution in [1.29, 1.82) is 0 Å². The van der Waals surface area contributed by atoms with Gasteiger partial charge in [-0.2, -0.15) is 0 Å². The molecule has 0 spiro atoms. The van der Waals surface area contributed by atoms with Crippen LogP contribution in [0, 0.1) is 5.82 Å². The molecule has 1 aliphatic heterocycles. The third-order valence-electron chi connectivity index (χ3n) is 6.82. The summed E-state index contributed by atoms with van der Waals surface area (Å²) in [5.74, 6) is -0.241. The van der Waals surface area contributed by atoms with E-state index >= 15 is 0 Å². The zero-order valence-corrected chi connectivity index (χ0v) is 21.8. The molecule has 1 aromatic heterocycles. The van der Waals surface area contributed by atoms with Crippen LogP contribution in [0.4, 0.5) is 4.39 Å². The van der Waals surface area contributed by atoms with E-state index in [1.165, 1.54) is 23.1 Å². The molecule has 0 amide bonds. The van der Waals surface area contributed by atoms with Crippen LogP contribution in [0.2, 0.25) is 5.02 Å². The van der Waals surface area contributed by atoms with Gasteiger partial charge in [0.2, 0.25) is 0 Å². The van der Waals surface area contributed by atoms with E-state index in [0.717, 1.165) is 27.9 Å². The van der Waals surface area contributed by atoms with Crippen molar-refractivity contribution in [2.75, 3.05) is 0 Å². The predicted octanol–water partition coefficient (Wildman–Crippen LogP) is 8.56. The monoisotopic (exact) mass is 556 g/mol. The second-order valence-corrected chi connectivity index (χ2v) is 10.6. The summed E-state index contributed by atoms with van der Waals surface area (Å²) in [5.41, 5.74) is 6.62. The van der Waals surface area contributed by atoms with Crippen molar-refractivity contribution in [2.45, 2.75) is 17.5 Å². The number of para-hydroxylation sites is 1.